The molecule has 3 rings (SSSR count). The van der Waals surface area contributed by atoms with E-state index >= 15 is 0 Å². The van der Waals surface area contributed by atoms with E-state index in [1.54, 1.807) is 4.90 Å². The van der Waals surface area contributed by atoms with Crippen molar-refractivity contribution in [2.75, 3.05) is 32.8 Å². The normalized spacial score (nSPS) is 18.3. The van der Waals surface area contributed by atoms with Gasteiger partial charge in [-0.3, -0.25) is 9.69 Å². The molecule has 1 saturated heterocycles. The monoisotopic (exact) mass is 359 g/mol. The van der Waals surface area contributed by atoms with Gasteiger partial charge in [0.2, 0.25) is 5.91 Å². The van der Waals surface area contributed by atoms with Crippen LogP contribution in [0.4, 0.5) is 4.79 Å². The van der Waals surface area contributed by atoms with Gasteiger partial charge in [0.15, 0.2) is 0 Å². The number of likely N-dealkylation sites (tertiary alicyclic amines) is 1. The Morgan fingerprint density at radius 3 is 2.62 bits per heavy atom. The molecule has 1 aromatic carbocycles. The molecule has 2 heterocycles. The molecular formula is C20H29N3O3. The van der Waals surface area contributed by atoms with Gasteiger partial charge in [-0.25, -0.2) is 4.79 Å². The Labute approximate surface area is 155 Å². The van der Waals surface area contributed by atoms with Gasteiger partial charge in [0.05, 0.1) is 6.61 Å². The van der Waals surface area contributed by atoms with Crippen molar-refractivity contribution in [3.05, 3.63) is 35.4 Å². The zero-order valence-corrected chi connectivity index (χ0v) is 15.6. The number of benzene rings is 1. The highest BCUT2D eigenvalue weighted by Crippen LogP contribution is 2.18. The predicted octanol–water partition coefficient (Wildman–Crippen LogP) is 2.17. The van der Waals surface area contributed by atoms with Gasteiger partial charge in [0, 0.05) is 45.2 Å². The standard InChI is InChI=1S/C20H29N3O3/c1-2-26-20(25)23-13-8-18(9-14-23)21-19(24)10-12-22-11-7-16-5-3-4-6-17(16)15-22/h3-6,18H,2,7-15H2,1H3,(H,21,24). The van der Waals surface area contributed by atoms with E-state index in [9.17, 15) is 9.59 Å². The number of hydrogen-bond acceptors (Lipinski definition) is 4. The number of carbonyl (C=O) groups excluding carboxylic acids is 2. The molecule has 6 heteroatoms. The first-order chi connectivity index (χ1) is 12.7. The molecule has 1 aromatic rings. The van der Waals surface area contributed by atoms with Crippen LogP contribution in [0.3, 0.4) is 0 Å². The van der Waals surface area contributed by atoms with Crippen LogP contribution in [-0.4, -0.2) is 60.6 Å². The van der Waals surface area contributed by atoms with E-state index in [2.05, 4.69) is 34.5 Å². The largest absolute Gasteiger partial charge is 0.450 e. The molecule has 1 fully saturated rings. The first-order valence-electron chi connectivity index (χ1n) is 9.66. The Hall–Kier alpha value is -2.08. The molecule has 2 aliphatic heterocycles. The van der Waals surface area contributed by atoms with Gasteiger partial charge in [0.25, 0.3) is 0 Å². The molecule has 0 aliphatic carbocycles. The summed E-state index contributed by atoms with van der Waals surface area (Å²) in [5.41, 5.74) is 2.81. The minimum Gasteiger partial charge on any atom is -0.450 e. The first-order valence-corrected chi connectivity index (χ1v) is 9.66. The highest BCUT2D eigenvalue weighted by Gasteiger charge is 2.24. The lowest BCUT2D eigenvalue weighted by Crippen LogP contribution is -2.47. The molecule has 0 aromatic heterocycles. The molecule has 0 atom stereocenters. The first kappa shape index (κ1) is 18.7. The van der Waals surface area contributed by atoms with Crippen LogP contribution < -0.4 is 5.32 Å². The van der Waals surface area contributed by atoms with Gasteiger partial charge in [0.1, 0.15) is 0 Å². The molecule has 0 saturated carbocycles. The maximum Gasteiger partial charge on any atom is 0.409 e. The highest BCUT2D eigenvalue weighted by atomic mass is 16.6. The lowest BCUT2D eigenvalue weighted by molar-refractivity contribution is -0.122. The van der Waals surface area contributed by atoms with Crippen molar-refractivity contribution < 1.29 is 14.3 Å². The van der Waals surface area contributed by atoms with Crippen molar-refractivity contribution in [1.29, 1.82) is 0 Å². The summed E-state index contributed by atoms with van der Waals surface area (Å²) in [7, 11) is 0. The number of hydrogen-bond donors (Lipinski definition) is 1. The Balaban J connectivity index is 1.36. The van der Waals surface area contributed by atoms with Crippen LogP contribution in [0.5, 0.6) is 0 Å². The van der Waals surface area contributed by atoms with Crippen molar-refractivity contribution in [2.45, 2.75) is 45.2 Å². The zero-order valence-electron chi connectivity index (χ0n) is 15.6. The fraction of sp³-hybridized carbons (Fsp3) is 0.600. The topological polar surface area (TPSA) is 61.9 Å². The van der Waals surface area contributed by atoms with E-state index in [1.807, 2.05) is 6.92 Å². The smallest absolute Gasteiger partial charge is 0.409 e. The van der Waals surface area contributed by atoms with Gasteiger partial charge in [-0.15, -0.1) is 0 Å². The molecule has 2 amide bonds. The number of nitrogens with zero attached hydrogens (tertiary/aromatic N) is 2. The third kappa shape index (κ3) is 4.97. The third-order valence-electron chi connectivity index (χ3n) is 5.25. The lowest BCUT2D eigenvalue weighted by Gasteiger charge is -2.32. The molecule has 6 nitrogen and oxygen atoms in total. The molecule has 2 aliphatic rings. The average molecular weight is 359 g/mol. The summed E-state index contributed by atoms with van der Waals surface area (Å²) >= 11 is 0. The van der Waals surface area contributed by atoms with Crippen LogP contribution in [0.15, 0.2) is 24.3 Å². The van der Waals surface area contributed by atoms with Crippen molar-refractivity contribution in [1.82, 2.24) is 15.1 Å². The maximum absolute atomic E-state index is 12.3. The minimum absolute atomic E-state index is 0.110. The fourth-order valence-corrected chi connectivity index (χ4v) is 3.73. The third-order valence-corrected chi connectivity index (χ3v) is 5.25. The summed E-state index contributed by atoms with van der Waals surface area (Å²) in [6.45, 7) is 6.24. The van der Waals surface area contributed by atoms with E-state index < -0.39 is 0 Å². The summed E-state index contributed by atoms with van der Waals surface area (Å²) in [6, 6.07) is 8.71. The van der Waals surface area contributed by atoms with E-state index in [0.29, 0.717) is 26.1 Å². The highest BCUT2D eigenvalue weighted by molar-refractivity contribution is 5.76. The van der Waals surface area contributed by atoms with Gasteiger partial charge in [-0.2, -0.15) is 0 Å². The van der Waals surface area contributed by atoms with Crippen LogP contribution in [0.25, 0.3) is 0 Å². The van der Waals surface area contributed by atoms with E-state index in [0.717, 1.165) is 38.9 Å². The molecule has 26 heavy (non-hydrogen) atoms. The SMILES string of the molecule is CCOC(=O)N1CCC(NC(=O)CCN2CCc3ccccc3C2)CC1. The van der Waals surface area contributed by atoms with Crippen LogP contribution >= 0.6 is 0 Å². The Kier molecular flexibility index (Phi) is 6.50. The average Bonchev–Trinajstić information content (AvgIpc) is 2.67. The van der Waals surface area contributed by atoms with Crippen molar-refractivity contribution >= 4 is 12.0 Å². The minimum atomic E-state index is -0.248. The number of amides is 2. The fourth-order valence-electron chi connectivity index (χ4n) is 3.73. The maximum atomic E-state index is 12.3. The second kappa shape index (κ2) is 9.03. The molecule has 1 N–H and O–H groups in total. The van der Waals surface area contributed by atoms with Gasteiger partial charge in [-0.05, 0) is 37.3 Å². The molecule has 0 unspecified atom stereocenters. The summed E-state index contributed by atoms with van der Waals surface area (Å²) in [4.78, 5) is 28.0. The Bertz CT molecular complexity index is 626. The Morgan fingerprint density at radius 2 is 1.88 bits per heavy atom. The van der Waals surface area contributed by atoms with Crippen LogP contribution in [0.2, 0.25) is 0 Å². The van der Waals surface area contributed by atoms with Crippen molar-refractivity contribution in [2.24, 2.45) is 0 Å². The second-order valence-corrected chi connectivity index (χ2v) is 7.07. The van der Waals surface area contributed by atoms with Gasteiger partial charge in [-0.1, -0.05) is 24.3 Å². The Morgan fingerprint density at radius 1 is 1.15 bits per heavy atom. The predicted molar refractivity (Wildman–Crippen MR) is 99.8 cm³/mol. The molecule has 0 spiro atoms. The number of piperidine rings is 1. The second-order valence-electron chi connectivity index (χ2n) is 7.07. The number of ether oxygens (including phenoxy) is 1. The zero-order chi connectivity index (χ0) is 18.4. The summed E-state index contributed by atoms with van der Waals surface area (Å²) in [5, 5.41) is 3.12. The van der Waals surface area contributed by atoms with Crippen LogP contribution in [0.1, 0.15) is 37.3 Å². The van der Waals surface area contributed by atoms with E-state index in [-0.39, 0.29) is 18.0 Å². The van der Waals surface area contributed by atoms with E-state index in [1.165, 1.54) is 11.1 Å². The van der Waals surface area contributed by atoms with Crippen molar-refractivity contribution in [3.8, 4) is 0 Å². The van der Waals surface area contributed by atoms with Gasteiger partial charge < -0.3 is 15.0 Å². The summed E-state index contributed by atoms with van der Waals surface area (Å²) in [5.74, 6) is 0.110. The van der Waals surface area contributed by atoms with Crippen LogP contribution in [0, 0.1) is 0 Å². The van der Waals surface area contributed by atoms with Crippen LogP contribution in [-0.2, 0) is 22.5 Å². The number of fused-ring (bicyclic) bond motifs is 1. The number of carbonyl (C=O) groups is 2. The molecule has 0 radical (unpaired) electrons. The lowest BCUT2D eigenvalue weighted by atomic mass is 10.00. The number of nitrogens with one attached hydrogen (secondary N) is 1. The van der Waals surface area contributed by atoms with E-state index in [4.69, 9.17) is 4.74 Å². The molecule has 142 valence electrons. The summed E-state index contributed by atoms with van der Waals surface area (Å²) in [6.07, 6.45) is 2.93. The molecular weight excluding hydrogens is 330 g/mol. The molecule has 0 bridgehead atoms. The van der Waals surface area contributed by atoms with Gasteiger partial charge >= 0.3 is 6.09 Å². The van der Waals surface area contributed by atoms with Crippen molar-refractivity contribution in [3.63, 3.8) is 0 Å². The number of rotatable bonds is 5. The summed E-state index contributed by atoms with van der Waals surface area (Å²) < 4.78 is 5.02. The quantitative estimate of drug-likeness (QED) is 0.875.